The first-order chi connectivity index (χ1) is 10.2. The number of carbonyl (C=O) groups excluding carboxylic acids is 2. The second kappa shape index (κ2) is 6.04. The van der Waals surface area contributed by atoms with Crippen molar-refractivity contribution in [3.05, 3.63) is 35.6 Å². The number of halogens is 1. The Balaban J connectivity index is 1.87. The fourth-order valence-electron chi connectivity index (χ4n) is 2.31. The molecule has 120 valence electrons. The SMILES string of the molecule is C[C@@]1(NC(=O)COC(=O)c2cccc(F)c2)CCS(=O)(=O)C1. The summed E-state index contributed by atoms with van der Waals surface area (Å²) in [6, 6.07) is 4.92. The van der Waals surface area contributed by atoms with Crippen LogP contribution in [0, 0.1) is 5.82 Å². The zero-order valence-corrected chi connectivity index (χ0v) is 12.8. The van der Waals surface area contributed by atoms with E-state index in [9.17, 15) is 22.4 Å². The first kappa shape index (κ1) is 16.4. The Morgan fingerprint density at radius 1 is 1.41 bits per heavy atom. The molecule has 1 fully saturated rings. The Bertz CT molecular complexity index is 703. The number of hydrogen-bond acceptors (Lipinski definition) is 5. The molecule has 1 saturated heterocycles. The fourth-order valence-corrected chi connectivity index (χ4v) is 4.40. The topological polar surface area (TPSA) is 89.5 Å². The van der Waals surface area contributed by atoms with Gasteiger partial charge in [-0.3, -0.25) is 4.79 Å². The van der Waals surface area contributed by atoms with Gasteiger partial charge in [-0.1, -0.05) is 6.07 Å². The van der Waals surface area contributed by atoms with Gasteiger partial charge in [-0.25, -0.2) is 17.6 Å². The van der Waals surface area contributed by atoms with Crippen molar-refractivity contribution in [3.8, 4) is 0 Å². The zero-order chi connectivity index (χ0) is 16.4. The zero-order valence-electron chi connectivity index (χ0n) is 12.0. The highest BCUT2D eigenvalue weighted by atomic mass is 32.2. The van der Waals surface area contributed by atoms with Crippen molar-refractivity contribution in [2.75, 3.05) is 18.1 Å². The van der Waals surface area contributed by atoms with Crippen molar-refractivity contribution in [1.29, 1.82) is 0 Å². The van der Waals surface area contributed by atoms with Crippen molar-refractivity contribution >= 4 is 21.7 Å². The van der Waals surface area contributed by atoms with E-state index >= 15 is 0 Å². The first-order valence-corrected chi connectivity index (χ1v) is 8.45. The molecule has 1 aromatic rings. The number of carbonyl (C=O) groups is 2. The highest BCUT2D eigenvalue weighted by Gasteiger charge is 2.39. The van der Waals surface area contributed by atoms with Gasteiger partial charge < -0.3 is 10.1 Å². The molecular formula is C14H16FNO5S. The van der Waals surface area contributed by atoms with Crippen LogP contribution in [0.4, 0.5) is 4.39 Å². The van der Waals surface area contributed by atoms with Crippen molar-refractivity contribution in [3.63, 3.8) is 0 Å². The smallest absolute Gasteiger partial charge is 0.338 e. The molecule has 0 unspecified atom stereocenters. The van der Waals surface area contributed by atoms with E-state index in [-0.39, 0.29) is 17.1 Å². The highest BCUT2D eigenvalue weighted by Crippen LogP contribution is 2.22. The van der Waals surface area contributed by atoms with Gasteiger partial charge in [0.2, 0.25) is 0 Å². The summed E-state index contributed by atoms with van der Waals surface area (Å²) in [5.74, 6) is -2.11. The number of amides is 1. The van der Waals surface area contributed by atoms with Crippen LogP contribution in [-0.4, -0.2) is 43.9 Å². The van der Waals surface area contributed by atoms with Gasteiger partial charge in [-0.15, -0.1) is 0 Å². The summed E-state index contributed by atoms with van der Waals surface area (Å²) in [5, 5.41) is 2.56. The maximum Gasteiger partial charge on any atom is 0.338 e. The van der Waals surface area contributed by atoms with Gasteiger partial charge in [0.25, 0.3) is 5.91 Å². The minimum absolute atomic E-state index is 0.00227. The van der Waals surface area contributed by atoms with E-state index in [1.54, 1.807) is 6.92 Å². The molecule has 1 aliphatic heterocycles. The molecule has 1 aliphatic rings. The predicted octanol–water partition coefficient (Wildman–Crippen LogP) is 0.676. The molecular weight excluding hydrogens is 313 g/mol. The molecule has 22 heavy (non-hydrogen) atoms. The number of hydrogen-bond donors (Lipinski definition) is 1. The van der Waals surface area contributed by atoms with Crippen molar-refractivity contribution in [2.45, 2.75) is 18.9 Å². The Morgan fingerprint density at radius 3 is 2.73 bits per heavy atom. The molecule has 1 heterocycles. The standard InChI is InChI=1S/C14H16FNO5S/c1-14(5-6-22(19,20)9-14)16-12(17)8-21-13(18)10-3-2-4-11(15)7-10/h2-4,7H,5-6,8-9H2,1H3,(H,16,17)/t14-/m1/s1. The van der Waals surface area contributed by atoms with Crippen LogP contribution >= 0.6 is 0 Å². The summed E-state index contributed by atoms with van der Waals surface area (Å²) in [5.41, 5.74) is -0.844. The summed E-state index contributed by atoms with van der Waals surface area (Å²) < 4.78 is 40.6. The lowest BCUT2D eigenvalue weighted by atomic mass is 10.0. The van der Waals surface area contributed by atoms with Crippen LogP contribution in [0.1, 0.15) is 23.7 Å². The number of esters is 1. The van der Waals surface area contributed by atoms with Gasteiger partial charge in [-0.05, 0) is 31.5 Å². The van der Waals surface area contributed by atoms with Crippen LogP contribution < -0.4 is 5.32 Å². The third-order valence-electron chi connectivity index (χ3n) is 3.34. The van der Waals surface area contributed by atoms with Crippen molar-refractivity contribution in [2.24, 2.45) is 0 Å². The third-order valence-corrected chi connectivity index (χ3v) is 5.24. The summed E-state index contributed by atoms with van der Waals surface area (Å²) >= 11 is 0. The van der Waals surface area contributed by atoms with E-state index < -0.39 is 39.7 Å². The molecule has 1 aromatic carbocycles. The molecule has 1 atom stereocenters. The molecule has 0 saturated carbocycles. The van der Waals surface area contributed by atoms with Crippen LogP contribution in [0.3, 0.4) is 0 Å². The summed E-state index contributed by atoms with van der Waals surface area (Å²) in [6.07, 6.45) is 0.318. The van der Waals surface area contributed by atoms with Gasteiger partial charge in [0.1, 0.15) is 5.82 Å². The van der Waals surface area contributed by atoms with E-state index in [4.69, 9.17) is 4.74 Å². The second-order valence-electron chi connectivity index (χ2n) is 5.54. The Kier molecular flexibility index (Phi) is 4.50. The molecule has 0 bridgehead atoms. The molecule has 0 aliphatic carbocycles. The minimum atomic E-state index is -3.14. The largest absolute Gasteiger partial charge is 0.452 e. The minimum Gasteiger partial charge on any atom is -0.452 e. The van der Waals surface area contributed by atoms with E-state index in [2.05, 4.69) is 5.32 Å². The Hall–Kier alpha value is -1.96. The van der Waals surface area contributed by atoms with Crippen molar-refractivity contribution in [1.82, 2.24) is 5.32 Å². The van der Waals surface area contributed by atoms with Gasteiger partial charge >= 0.3 is 5.97 Å². The van der Waals surface area contributed by atoms with Crippen LogP contribution in [0.15, 0.2) is 24.3 Å². The Morgan fingerprint density at radius 2 is 2.14 bits per heavy atom. The van der Waals surface area contributed by atoms with Crippen molar-refractivity contribution < 1.29 is 27.1 Å². The lowest BCUT2D eigenvalue weighted by molar-refractivity contribution is -0.125. The second-order valence-corrected chi connectivity index (χ2v) is 7.72. The highest BCUT2D eigenvalue weighted by molar-refractivity contribution is 7.91. The quantitative estimate of drug-likeness (QED) is 0.820. The van der Waals surface area contributed by atoms with Gasteiger partial charge in [0, 0.05) is 0 Å². The maximum absolute atomic E-state index is 13.0. The van der Waals surface area contributed by atoms with E-state index in [0.29, 0.717) is 6.42 Å². The van der Waals surface area contributed by atoms with Crippen LogP contribution in [-0.2, 0) is 19.4 Å². The lowest BCUT2D eigenvalue weighted by Crippen LogP contribution is -2.48. The molecule has 0 radical (unpaired) electrons. The summed E-state index contributed by atoms with van der Waals surface area (Å²) in [4.78, 5) is 23.4. The average molecular weight is 329 g/mol. The van der Waals surface area contributed by atoms with E-state index in [1.807, 2.05) is 0 Å². The van der Waals surface area contributed by atoms with Crippen LogP contribution in [0.25, 0.3) is 0 Å². The normalized spacial score (nSPS) is 23.0. The number of rotatable bonds is 4. The van der Waals surface area contributed by atoms with Gasteiger partial charge in [0.15, 0.2) is 16.4 Å². The van der Waals surface area contributed by atoms with Crippen LogP contribution in [0.2, 0.25) is 0 Å². The Labute approximate surface area is 127 Å². The average Bonchev–Trinajstić information content (AvgIpc) is 2.69. The summed E-state index contributed by atoms with van der Waals surface area (Å²) in [7, 11) is -3.14. The molecule has 8 heteroatoms. The molecule has 1 N–H and O–H groups in total. The first-order valence-electron chi connectivity index (χ1n) is 6.63. The number of ether oxygens (including phenoxy) is 1. The number of nitrogens with one attached hydrogen (secondary N) is 1. The lowest BCUT2D eigenvalue weighted by Gasteiger charge is -2.23. The molecule has 6 nitrogen and oxygen atoms in total. The van der Waals surface area contributed by atoms with Gasteiger partial charge in [0.05, 0.1) is 22.6 Å². The maximum atomic E-state index is 13.0. The summed E-state index contributed by atoms with van der Waals surface area (Å²) in [6.45, 7) is 1.08. The predicted molar refractivity (Wildman–Crippen MR) is 76.5 cm³/mol. The molecule has 2 rings (SSSR count). The van der Waals surface area contributed by atoms with E-state index in [1.165, 1.54) is 18.2 Å². The van der Waals surface area contributed by atoms with Crippen LogP contribution in [0.5, 0.6) is 0 Å². The molecule has 0 spiro atoms. The van der Waals surface area contributed by atoms with E-state index in [0.717, 1.165) is 6.07 Å². The monoisotopic (exact) mass is 329 g/mol. The van der Waals surface area contributed by atoms with Gasteiger partial charge in [-0.2, -0.15) is 0 Å². The number of benzene rings is 1. The number of sulfone groups is 1. The third kappa shape index (κ3) is 4.27. The molecule has 0 aromatic heterocycles. The fraction of sp³-hybridized carbons (Fsp3) is 0.429. The molecule has 1 amide bonds.